The molecule has 0 bridgehead atoms. The first-order valence-corrected chi connectivity index (χ1v) is 5.55. The first-order valence-electron chi connectivity index (χ1n) is 4.76. The molecular formula is C11H16BrNO2. The second-order valence-electron chi connectivity index (χ2n) is 3.49. The number of anilines is 1. The van der Waals surface area contributed by atoms with E-state index in [1.54, 1.807) is 14.2 Å². The molecule has 0 radical (unpaired) electrons. The summed E-state index contributed by atoms with van der Waals surface area (Å²) in [7, 11) is 3.25. The van der Waals surface area contributed by atoms with Gasteiger partial charge in [-0.1, -0.05) is 0 Å². The highest BCUT2D eigenvalue weighted by atomic mass is 79.9. The Kier molecular flexibility index (Phi) is 4.27. The van der Waals surface area contributed by atoms with Crippen LogP contribution in [0.4, 0.5) is 5.69 Å². The van der Waals surface area contributed by atoms with Crippen molar-refractivity contribution in [2.45, 2.75) is 19.9 Å². The maximum atomic E-state index is 5.23. The molecule has 0 fully saturated rings. The summed E-state index contributed by atoms with van der Waals surface area (Å²) in [5.41, 5.74) is 1.00. The lowest BCUT2D eigenvalue weighted by Crippen LogP contribution is -2.10. The molecule has 0 saturated heterocycles. The summed E-state index contributed by atoms with van der Waals surface area (Å²) in [5, 5.41) is 3.32. The first-order chi connectivity index (χ1) is 7.08. The highest BCUT2D eigenvalue weighted by Gasteiger charge is 2.09. The molecule has 84 valence electrons. The van der Waals surface area contributed by atoms with E-state index in [4.69, 9.17) is 9.47 Å². The lowest BCUT2D eigenvalue weighted by Gasteiger charge is -2.15. The second kappa shape index (κ2) is 5.26. The standard InChI is InChI=1S/C11H16BrNO2/c1-7(2)13-9-6-11(15-4)10(14-3)5-8(9)12/h5-7,13H,1-4H3. The highest BCUT2D eigenvalue weighted by Crippen LogP contribution is 2.36. The second-order valence-corrected chi connectivity index (χ2v) is 4.34. The molecule has 0 heterocycles. The zero-order valence-corrected chi connectivity index (χ0v) is 11.0. The molecule has 0 aliphatic rings. The quantitative estimate of drug-likeness (QED) is 0.913. The van der Waals surface area contributed by atoms with Gasteiger partial charge >= 0.3 is 0 Å². The Morgan fingerprint density at radius 1 is 1.13 bits per heavy atom. The van der Waals surface area contributed by atoms with Gasteiger partial charge < -0.3 is 14.8 Å². The van der Waals surface area contributed by atoms with E-state index < -0.39 is 0 Å². The Hall–Kier alpha value is -0.900. The van der Waals surface area contributed by atoms with Crippen LogP contribution in [-0.2, 0) is 0 Å². The molecule has 15 heavy (non-hydrogen) atoms. The minimum atomic E-state index is 0.374. The molecule has 3 nitrogen and oxygen atoms in total. The molecule has 0 atom stereocenters. The van der Waals surface area contributed by atoms with Gasteiger partial charge in [0.2, 0.25) is 0 Å². The summed E-state index contributed by atoms with van der Waals surface area (Å²) >= 11 is 3.48. The third-order valence-electron chi connectivity index (χ3n) is 1.92. The van der Waals surface area contributed by atoms with Crippen LogP contribution in [0, 0.1) is 0 Å². The van der Waals surface area contributed by atoms with E-state index in [0.29, 0.717) is 6.04 Å². The van der Waals surface area contributed by atoms with Crippen LogP contribution >= 0.6 is 15.9 Å². The van der Waals surface area contributed by atoms with Crippen LogP contribution in [0.1, 0.15) is 13.8 Å². The molecule has 1 N–H and O–H groups in total. The van der Waals surface area contributed by atoms with Crippen LogP contribution in [0.2, 0.25) is 0 Å². The number of halogens is 1. The topological polar surface area (TPSA) is 30.5 Å². The number of benzene rings is 1. The highest BCUT2D eigenvalue weighted by molar-refractivity contribution is 9.10. The van der Waals surface area contributed by atoms with Crippen molar-refractivity contribution in [3.63, 3.8) is 0 Å². The van der Waals surface area contributed by atoms with E-state index in [1.165, 1.54) is 0 Å². The minimum absolute atomic E-state index is 0.374. The molecule has 1 aromatic rings. The molecule has 0 spiro atoms. The number of ether oxygens (including phenoxy) is 2. The molecule has 1 aromatic carbocycles. The fourth-order valence-corrected chi connectivity index (χ4v) is 1.71. The third-order valence-corrected chi connectivity index (χ3v) is 2.57. The zero-order chi connectivity index (χ0) is 11.4. The minimum Gasteiger partial charge on any atom is -0.493 e. The van der Waals surface area contributed by atoms with Gasteiger partial charge in [0.1, 0.15) is 0 Å². The van der Waals surface area contributed by atoms with Crippen LogP contribution in [0.25, 0.3) is 0 Å². The van der Waals surface area contributed by atoms with E-state index in [9.17, 15) is 0 Å². The van der Waals surface area contributed by atoms with Crippen LogP contribution in [0.3, 0.4) is 0 Å². The summed E-state index contributed by atoms with van der Waals surface area (Å²) in [5.74, 6) is 1.45. The number of methoxy groups -OCH3 is 2. The Morgan fingerprint density at radius 3 is 2.13 bits per heavy atom. The summed E-state index contributed by atoms with van der Waals surface area (Å²) in [6, 6.07) is 4.19. The van der Waals surface area contributed by atoms with Crippen molar-refractivity contribution in [3.8, 4) is 11.5 Å². The number of hydrogen-bond donors (Lipinski definition) is 1. The van der Waals surface area contributed by atoms with Crippen LogP contribution < -0.4 is 14.8 Å². The van der Waals surface area contributed by atoms with Crippen molar-refractivity contribution in [2.75, 3.05) is 19.5 Å². The predicted molar refractivity (Wildman–Crippen MR) is 66.0 cm³/mol. The molecular weight excluding hydrogens is 258 g/mol. The summed E-state index contributed by atoms with van der Waals surface area (Å²) < 4.78 is 11.4. The molecule has 0 amide bonds. The summed E-state index contributed by atoms with van der Waals surface area (Å²) in [6.45, 7) is 4.17. The van der Waals surface area contributed by atoms with E-state index >= 15 is 0 Å². The SMILES string of the molecule is COc1cc(Br)c(NC(C)C)cc1OC. The zero-order valence-electron chi connectivity index (χ0n) is 9.43. The summed E-state index contributed by atoms with van der Waals surface area (Å²) in [6.07, 6.45) is 0. The van der Waals surface area contributed by atoms with Gasteiger partial charge in [-0.25, -0.2) is 0 Å². The van der Waals surface area contributed by atoms with Gasteiger partial charge in [-0.15, -0.1) is 0 Å². The predicted octanol–water partition coefficient (Wildman–Crippen LogP) is 3.29. The van der Waals surface area contributed by atoms with E-state index in [1.807, 2.05) is 12.1 Å². The number of rotatable bonds is 4. The van der Waals surface area contributed by atoms with Gasteiger partial charge in [-0.05, 0) is 29.8 Å². The van der Waals surface area contributed by atoms with E-state index in [2.05, 4.69) is 35.1 Å². The third kappa shape index (κ3) is 3.02. The molecule has 0 unspecified atom stereocenters. The van der Waals surface area contributed by atoms with Gasteiger partial charge in [0.05, 0.1) is 19.9 Å². The van der Waals surface area contributed by atoms with Crippen molar-refractivity contribution in [1.29, 1.82) is 0 Å². The molecule has 0 aliphatic heterocycles. The summed E-state index contributed by atoms with van der Waals surface area (Å²) in [4.78, 5) is 0. The van der Waals surface area contributed by atoms with Gasteiger partial charge in [0, 0.05) is 22.6 Å². The van der Waals surface area contributed by atoms with Crippen molar-refractivity contribution < 1.29 is 9.47 Å². The van der Waals surface area contributed by atoms with E-state index in [0.717, 1.165) is 21.7 Å². The fraction of sp³-hybridized carbons (Fsp3) is 0.455. The molecule has 1 rings (SSSR count). The average Bonchev–Trinajstić information content (AvgIpc) is 2.19. The normalized spacial score (nSPS) is 10.3. The van der Waals surface area contributed by atoms with Crippen LogP contribution in [0.15, 0.2) is 16.6 Å². The smallest absolute Gasteiger partial charge is 0.162 e. The monoisotopic (exact) mass is 273 g/mol. The molecule has 0 aromatic heterocycles. The lowest BCUT2D eigenvalue weighted by atomic mass is 10.2. The largest absolute Gasteiger partial charge is 0.493 e. The van der Waals surface area contributed by atoms with Crippen LogP contribution in [0.5, 0.6) is 11.5 Å². The van der Waals surface area contributed by atoms with Crippen molar-refractivity contribution >= 4 is 21.6 Å². The van der Waals surface area contributed by atoms with Gasteiger partial charge in [-0.2, -0.15) is 0 Å². The first kappa shape index (κ1) is 12.2. The van der Waals surface area contributed by atoms with Crippen molar-refractivity contribution in [3.05, 3.63) is 16.6 Å². The van der Waals surface area contributed by atoms with Gasteiger partial charge in [0.15, 0.2) is 11.5 Å². The Balaban J connectivity index is 3.08. The Morgan fingerprint density at radius 2 is 1.67 bits per heavy atom. The molecule has 0 aliphatic carbocycles. The Bertz CT molecular complexity index is 340. The van der Waals surface area contributed by atoms with Gasteiger partial charge in [-0.3, -0.25) is 0 Å². The maximum Gasteiger partial charge on any atom is 0.162 e. The lowest BCUT2D eigenvalue weighted by molar-refractivity contribution is 0.355. The molecule has 4 heteroatoms. The fourth-order valence-electron chi connectivity index (χ4n) is 1.28. The molecule has 0 saturated carbocycles. The van der Waals surface area contributed by atoms with Crippen LogP contribution in [-0.4, -0.2) is 20.3 Å². The number of hydrogen-bond acceptors (Lipinski definition) is 3. The van der Waals surface area contributed by atoms with Crippen molar-refractivity contribution in [1.82, 2.24) is 0 Å². The average molecular weight is 274 g/mol. The number of nitrogens with one attached hydrogen (secondary N) is 1. The van der Waals surface area contributed by atoms with E-state index in [-0.39, 0.29) is 0 Å². The Labute approximate surface area is 98.9 Å². The van der Waals surface area contributed by atoms with Crippen molar-refractivity contribution in [2.24, 2.45) is 0 Å². The van der Waals surface area contributed by atoms with Gasteiger partial charge in [0.25, 0.3) is 0 Å². The maximum absolute atomic E-state index is 5.23.